The van der Waals surface area contributed by atoms with E-state index in [2.05, 4.69) is 15.9 Å². The van der Waals surface area contributed by atoms with Gasteiger partial charge in [-0.2, -0.15) is 0 Å². The normalized spacial score (nSPS) is 12.3. The van der Waals surface area contributed by atoms with Crippen LogP contribution in [0.2, 0.25) is 0 Å². The van der Waals surface area contributed by atoms with Crippen LogP contribution in [0.15, 0.2) is 51.8 Å². The Morgan fingerprint density at radius 1 is 1.22 bits per heavy atom. The average molecular weight is 328 g/mol. The fraction of sp³-hybridized carbons (Fsp3) is 0.0769. The Morgan fingerprint density at radius 3 is 2.67 bits per heavy atom. The quantitative estimate of drug-likeness (QED) is 0.877. The minimum atomic E-state index is -1.35. The Hall–Kier alpha value is -1.20. The van der Waals surface area contributed by atoms with Gasteiger partial charge in [-0.05, 0) is 30.3 Å². The molecular weight excluding hydrogens is 317 g/mol. The highest BCUT2D eigenvalue weighted by atomic mass is 79.9. The van der Waals surface area contributed by atoms with Gasteiger partial charge in [-0.15, -0.1) is 0 Å². The molecule has 2 aromatic carbocycles. The summed E-state index contributed by atoms with van der Waals surface area (Å²) in [5.74, 6) is -0.250. The zero-order chi connectivity index (χ0) is 13.1. The van der Waals surface area contributed by atoms with Crippen LogP contribution in [0, 0.1) is 5.82 Å². The zero-order valence-corrected chi connectivity index (χ0v) is 11.8. The van der Waals surface area contributed by atoms with E-state index in [0.717, 1.165) is 4.47 Å². The van der Waals surface area contributed by atoms with Crippen LogP contribution in [-0.2, 0) is 16.6 Å². The predicted octanol–water partition coefficient (Wildman–Crippen LogP) is 3.48. The molecule has 2 N–H and O–H groups in total. The summed E-state index contributed by atoms with van der Waals surface area (Å²) in [7, 11) is -1.35. The Bertz CT molecular complexity index is 603. The van der Waals surface area contributed by atoms with Crippen molar-refractivity contribution in [3.05, 3.63) is 58.3 Å². The summed E-state index contributed by atoms with van der Waals surface area (Å²) in [6.07, 6.45) is 0. The van der Waals surface area contributed by atoms with Crippen molar-refractivity contribution >= 4 is 32.4 Å². The first kappa shape index (κ1) is 13.2. The van der Waals surface area contributed by atoms with E-state index in [4.69, 9.17) is 5.73 Å². The summed E-state index contributed by atoms with van der Waals surface area (Å²) in [6, 6.07) is 11.5. The summed E-state index contributed by atoms with van der Waals surface area (Å²) in [6.45, 7) is 0. The molecule has 0 radical (unpaired) electrons. The van der Waals surface area contributed by atoms with Gasteiger partial charge >= 0.3 is 0 Å². The second kappa shape index (κ2) is 5.63. The summed E-state index contributed by atoms with van der Waals surface area (Å²) >= 11 is 3.27. The third-order valence-corrected chi connectivity index (χ3v) is 4.39. The summed E-state index contributed by atoms with van der Waals surface area (Å²) in [4.78, 5) is 0.539. The van der Waals surface area contributed by atoms with E-state index >= 15 is 0 Å². The van der Waals surface area contributed by atoms with Gasteiger partial charge in [0.15, 0.2) is 0 Å². The fourth-order valence-corrected chi connectivity index (χ4v) is 3.19. The van der Waals surface area contributed by atoms with Crippen molar-refractivity contribution in [1.29, 1.82) is 0 Å². The molecule has 0 fully saturated rings. The van der Waals surface area contributed by atoms with Crippen molar-refractivity contribution in [3.8, 4) is 0 Å². The van der Waals surface area contributed by atoms with Crippen LogP contribution in [0.3, 0.4) is 0 Å². The van der Waals surface area contributed by atoms with Crippen molar-refractivity contribution in [2.75, 3.05) is 5.73 Å². The lowest BCUT2D eigenvalue weighted by Gasteiger charge is -2.07. The molecule has 0 aliphatic carbocycles. The minimum Gasteiger partial charge on any atom is -0.398 e. The van der Waals surface area contributed by atoms with Crippen LogP contribution in [0.1, 0.15) is 5.56 Å². The van der Waals surface area contributed by atoms with Crippen LogP contribution in [0.5, 0.6) is 0 Å². The SMILES string of the molecule is Nc1ccccc1S(=O)Cc1cc(Br)ccc1F. The van der Waals surface area contributed by atoms with Gasteiger partial charge < -0.3 is 5.73 Å². The molecule has 18 heavy (non-hydrogen) atoms. The van der Waals surface area contributed by atoms with E-state index < -0.39 is 10.8 Å². The fourth-order valence-electron chi connectivity index (χ4n) is 1.56. The average Bonchev–Trinajstić information content (AvgIpc) is 2.34. The van der Waals surface area contributed by atoms with Crippen LogP contribution >= 0.6 is 15.9 Å². The molecule has 1 atom stereocenters. The maximum atomic E-state index is 13.6. The number of hydrogen-bond acceptors (Lipinski definition) is 2. The number of halogens is 2. The van der Waals surface area contributed by atoms with Gasteiger partial charge in [-0.1, -0.05) is 28.1 Å². The number of nitrogen functional groups attached to an aromatic ring is 1. The highest BCUT2D eigenvalue weighted by Crippen LogP contribution is 2.22. The molecule has 2 aromatic rings. The van der Waals surface area contributed by atoms with E-state index in [1.165, 1.54) is 6.07 Å². The lowest BCUT2D eigenvalue weighted by Crippen LogP contribution is -2.02. The van der Waals surface area contributed by atoms with E-state index in [1.807, 2.05) is 0 Å². The van der Waals surface area contributed by atoms with Gasteiger partial charge in [-0.25, -0.2) is 4.39 Å². The smallest absolute Gasteiger partial charge is 0.127 e. The molecule has 0 spiro atoms. The molecule has 2 nitrogen and oxygen atoms in total. The lowest BCUT2D eigenvalue weighted by molar-refractivity contribution is 0.615. The van der Waals surface area contributed by atoms with Gasteiger partial charge in [0.1, 0.15) is 5.82 Å². The van der Waals surface area contributed by atoms with Crippen LogP contribution in [-0.4, -0.2) is 4.21 Å². The Labute approximate surface area is 116 Å². The van der Waals surface area contributed by atoms with Crippen molar-refractivity contribution in [2.24, 2.45) is 0 Å². The number of anilines is 1. The van der Waals surface area contributed by atoms with Gasteiger partial charge in [0.2, 0.25) is 0 Å². The third-order valence-electron chi connectivity index (χ3n) is 2.46. The van der Waals surface area contributed by atoms with Crippen molar-refractivity contribution in [2.45, 2.75) is 10.6 Å². The molecule has 0 aliphatic heterocycles. The van der Waals surface area contributed by atoms with Gasteiger partial charge in [0, 0.05) is 15.7 Å². The molecule has 0 bridgehead atoms. The monoisotopic (exact) mass is 327 g/mol. The summed E-state index contributed by atoms with van der Waals surface area (Å²) < 4.78 is 26.5. The first-order chi connectivity index (χ1) is 8.58. The first-order valence-corrected chi connectivity index (χ1v) is 7.36. The van der Waals surface area contributed by atoms with Crippen molar-refractivity contribution in [3.63, 3.8) is 0 Å². The number of benzene rings is 2. The standard InChI is InChI=1S/C13H11BrFNOS/c14-10-5-6-11(15)9(7-10)8-18(17)13-4-2-1-3-12(13)16/h1-7H,8,16H2. The molecular formula is C13H11BrFNOS. The number of para-hydroxylation sites is 1. The molecule has 0 saturated heterocycles. The number of nitrogens with two attached hydrogens (primary N) is 1. The largest absolute Gasteiger partial charge is 0.398 e. The molecule has 0 amide bonds. The third kappa shape index (κ3) is 2.97. The summed E-state index contributed by atoms with van der Waals surface area (Å²) in [5, 5.41) is 0. The molecule has 0 aromatic heterocycles. The maximum absolute atomic E-state index is 13.6. The van der Waals surface area contributed by atoms with Crippen molar-refractivity contribution < 1.29 is 8.60 Å². The lowest BCUT2D eigenvalue weighted by atomic mass is 10.2. The van der Waals surface area contributed by atoms with E-state index in [0.29, 0.717) is 16.1 Å². The van der Waals surface area contributed by atoms with Crippen molar-refractivity contribution in [1.82, 2.24) is 0 Å². The molecule has 94 valence electrons. The number of hydrogen-bond donors (Lipinski definition) is 1. The highest BCUT2D eigenvalue weighted by Gasteiger charge is 2.11. The molecule has 0 heterocycles. The zero-order valence-electron chi connectivity index (χ0n) is 9.40. The topological polar surface area (TPSA) is 43.1 Å². The Balaban J connectivity index is 2.27. The van der Waals surface area contributed by atoms with Gasteiger partial charge in [0.05, 0.1) is 21.4 Å². The summed E-state index contributed by atoms with van der Waals surface area (Å²) in [5.41, 5.74) is 6.62. The van der Waals surface area contributed by atoms with Gasteiger partial charge in [0.25, 0.3) is 0 Å². The maximum Gasteiger partial charge on any atom is 0.127 e. The minimum absolute atomic E-state index is 0.111. The molecule has 5 heteroatoms. The first-order valence-electron chi connectivity index (χ1n) is 5.25. The molecule has 1 unspecified atom stereocenters. The number of rotatable bonds is 3. The Kier molecular flexibility index (Phi) is 4.14. The highest BCUT2D eigenvalue weighted by molar-refractivity contribution is 9.10. The molecule has 2 rings (SSSR count). The molecule has 0 aliphatic rings. The van der Waals surface area contributed by atoms with Crippen LogP contribution in [0.25, 0.3) is 0 Å². The second-order valence-corrected chi connectivity index (χ2v) is 6.10. The van der Waals surface area contributed by atoms with Crippen LogP contribution < -0.4 is 5.73 Å². The molecule has 0 saturated carbocycles. The van der Waals surface area contributed by atoms with E-state index in [1.54, 1.807) is 36.4 Å². The second-order valence-electron chi connectivity index (χ2n) is 3.76. The predicted molar refractivity (Wildman–Crippen MR) is 75.1 cm³/mol. The Morgan fingerprint density at radius 2 is 1.94 bits per heavy atom. The van der Waals surface area contributed by atoms with Gasteiger partial charge in [-0.3, -0.25) is 4.21 Å². The van der Waals surface area contributed by atoms with Crippen LogP contribution in [0.4, 0.5) is 10.1 Å². The van der Waals surface area contributed by atoms with E-state index in [-0.39, 0.29) is 11.6 Å². The van der Waals surface area contributed by atoms with E-state index in [9.17, 15) is 8.60 Å².